The van der Waals surface area contributed by atoms with Gasteiger partial charge < -0.3 is 20.9 Å². The van der Waals surface area contributed by atoms with Gasteiger partial charge in [0.15, 0.2) is 5.82 Å². The molecule has 3 aliphatic rings. The largest absolute Gasteiger partial charge is 0.421 e. The molecule has 60 heavy (non-hydrogen) atoms. The van der Waals surface area contributed by atoms with E-state index < -0.39 is 68.9 Å². The highest BCUT2D eigenvalue weighted by molar-refractivity contribution is 7.92. The minimum Gasteiger partial charge on any atom is -0.369 e. The fourth-order valence-electron chi connectivity index (χ4n) is 7.05. The molecule has 3 aliphatic heterocycles. The summed E-state index contributed by atoms with van der Waals surface area (Å²) in [4.78, 5) is 68.5. The third-order valence-corrected chi connectivity index (χ3v) is 11.5. The number of rotatable bonds is 12. The Morgan fingerprint density at radius 3 is 2.28 bits per heavy atom. The lowest BCUT2D eigenvalue weighted by Crippen LogP contribution is -2.54. The number of hydrogen-bond donors (Lipinski definition) is 4. The van der Waals surface area contributed by atoms with E-state index in [4.69, 9.17) is 0 Å². The van der Waals surface area contributed by atoms with Gasteiger partial charge >= 0.3 is 6.18 Å². The van der Waals surface area contributed by atoms with Crippen LogP contribution in [0.4, 0.5) is 50.9 Å². The molecule has 0 spiro atoms. The molecule has 2 fully saturated rings. The smallest absolute Gasteiger partial charge is 0.369 e. The zero-order valence-electron chi connectivity index (χ0n) is 31.8. The van der Waals surface area contributed by atoms with E-state index in [1.165, 1.54) is 37.6 Å². The highest BCUT2D eigenvalue weighted by atomic mass is 32.2. The fourth-order valence-corrected chi connectivity index (χ4v) is 7.52. The van der Waals surface area contributed by atoms with Gasteiger partial charge in [-0.05, 0) is 43.5 Å². The second kappa shape index (κ2) is 16.4. The van der Waals surface area contributed by atoms with E-state index in [1.807, 2.05) is 0 Å². The summed E-state index contributed by atoms with van der Waals surface area (Å²) in [6.45, 7) is 0.443. The van der Waals surface area contributed by atoms with Crippen molar-refractivity contribution in [3.63, 3.8) is 0 Å². The summed E-state index contributed by atoms with van der Waals surface area (Å²) in [7, 11) is -2.54. The van der Waals surface area contributed by atoms with Gasteiger partial charge in [0.05, 0.1) is 29.6 Å². The Bertz CT molecular complexity index is 2500. The van der Waals surface area contributed by atoms with Crippen molar-refractivity contribution in [3.05, 3.63) is 88.5 Å². The molecule has 0 aliphatic carbocycles. The molecular weight excluding hydrogens is 822 g/mol. The van der Waals surface area contributed by atoms with Crippen LogP contribution in [0.15, 0.2) is 48.9 Å². The van der Waals surface area contributed by atoms with Crippen LogP contribution in [0.5, 0.6) is 0 Å². The van der Waals surface area contributed by atoms with Gasteiger partial charge in [-0.25, -0.2) is 27.2 Å². The van der Waals surface area contributed by atoms with Crippen LogP contribution in [0.3, 0.4) is 0 Å². The molecule has 7 rings (SSSR count). The molecule has 316 valence electrons. The lowest BCUT2D eigenvalue weighted by Gasteiger charge is -2.34. The topological polar surface area (TPSA) is 212 Å². The third kappa shape index (κ3) is 8.66. The normalized spacial score (nSPS) is 17.5. The average Bonchev–Trinajstić information content (AvgIpc) is 3.43. The van der Waals surface area contributed by atoms with Gasteiger partial charge in [0, 0.05) is 69.0 Å². The average molecular weight is 858 g/mol. The highest BCUT2D eigenvalue weighted by Gasteiger charge is 2.45. The maximum atomic E-state index is 15.4. The van der Waals surface area contributed by atoms with Crippen molar-refractivity contribution < 1.29 is 49.5 Å². The van der Waals surface area contributed by atoms with Crippen molar-refractivity contribution in [2.45, 2.75) is 57.0 Å². The summed E-state index contributed by atoms with van der Waals surface area (Å²) < 4.78 is 97.3. The van der Waals surface area contributed by atoms with Crippen molar-refractivity contribution in [1.82, 2.24) is 35.5 Å². The molecule has 1 atom stereocenters. The maximum absolute atomic E-state index is 15.4. The van der Waals surface area contributed by atoms with E-state index in [0.717, 1.165) is 27.6 Å². The number of carbonyl (C=O) groups excluding carboxylic acids is 4. The van der Waals surface area contributed by atoms with Gasteiger partial charge in [-0.3, -0.25) is 38.7 Å². The SMILES string of the molecule is CN(c1nccnc1CNc1nc(Nc2ccc(CNC3CCN(c4cc5c(cc4F)C(=O)N(C4CCC(=O)NC4=O)C5=O)CC3)c(F)c2)ncc1C(F)(F)F)S(C)(=O)=O. The van der Waals surface area contributed by atoms with E-state index in [1.54, 1.807) is 4.90 Å². The van der Waals surface area contributed by atoms with Gasteiger partial charge in [0.25, 0.3) is 11.8 Å². The van der Waals surface area contributed by atoms with E-state index in [2.05, 4.69) is 41.2 Å². The van der Waals surface area contributed by atoms with E-state index >= 15 is 8.78 Å². The number of aromatic nitrogens is 4. The number of hydrogen-bond acceptors (Lipinski definition) is 14. The van der Waals surface area contributed by atoms with Gasteiger partial charge in [-0.1, -0.05) is 6.07 Å². The predicted molar refractivity (Wildman–Crippen MR) is 204 cm³/mol. The fraction of sp³-hybridized carbons (Fsp3) is 0.351. The quantitative estimate of drug-likeness (QED) is 0.119. The lowest BCUT2D eigenvalue weighted by atomic mass is 10.0. The van der Waals surface area contributed by atoms with E-state index in [0.29, 0.717) is 32.1 Å². The van der Waals surface area contributed by atoms with Crippen molar-refractivity contribution in [2.24, 2.45) is 0 Å². The minimum atomic E-state index is -4.86. The van der Waals surface area contributed by atoms with E-state index in [-0.39, 0.29) is 77.5 Å². The molecule has 23 heteroatoms. The molecule has 0 saturated carbocycles. The number of alkyl halides is 3. The summed E-state index contributed by atoms with van der Waals surface area (Å²) in [5.41, 5.74) is -0.852. The molecule has 2 aromatic heterocycles. The first-order valence-corrected chi connectivity index (χ1v) is 20.2. The van der Waals surface area contributed by atoms with Gasteiger partial charge in [-0.15, -0.1) is 0 Å². The summed E-state index contributed by atoms with van der Waals surface area (Å²) in [5, 5.41) is 10.6. The van der Waals surface area contributed by atoms with Crippen LogP contribution in [-0.4, -0.2) is 95.4 Å². The minimum absolute atomic E-state index is 0.0227. The molecule has 1 unspecified atom stereocenters. The molecule has 5 heterocycles. The number of amides is 4. The molecule has 0 radical (unpaired) electrons. The zero-order valence-corrected chi connectivity index (χ0v) is 32.6. The van der Waals surface area contributed by atoms with Crippen LogP contribution in [-0.2, 0) is 38.9 Å². The molecule has 4 amide bonds. The number of imide groups is 2. The number of nitrogens with zero attached hydrogens (tertiary/aromatic N) is 7. The summed E-state index contributed by atoms with van der Waals surface area (Å²) in [6.07, 6.45) is 0.0610. The van der Waals surface area contributed by atoms with Gasteiger partial charge in [0.2, 0.25) is 27.8 Å². The molecule has 2 saturated heterocycles. The molecule has 17 nitrogen and oxygen atoms in total. The van der Waals surface area contributed by atoms with Gasteiger partial charge in [0.1, 0.15) is 34.8 Å². The Morgan fingerprint density at radius 2 is 1.62 bits per heavy atom. The first-order valence-electron chi connectivity index (χ1n) is 18.4. The number of benzene rings is 2. The van der Waals surface area contributed by atoms with Crippen molar-refractivity contribution in [3.8, 4) is 0 Å². The molecule has 4 aromatic rings. The first kappa shape index (κ1) is 41.8. The van der Waals surface area contributed by atoms with Crippen molar-refractivity contribution >= 4 is 62.6 Å². The Balaban J connectivity index is 0.957. The summed E-state index contributed by atoms with van der Waals surface area (Å²) in [5.74, 6) is -5.22. The molecule has 2 aromatic carbocycles. The Labute approximate surface area is 338 Å². The number of sulfonamides is 1. The standard InChI is InChI=1S/C37H36F5N11O6S/c1-51(60(2,58)59)32-27(43-9-10-44-32)18-46-31-24(37(40,41)42)17-47-36(50-31)48-21-4-3-19(25(38)13-21)16-45-20-7-11-52(12-8-20)29-15-23-22(14-26(29)39)34(56)53(35(23)57)28-5-6-30(54)49-33(28)55/h3-4,9-10,13-15,17,20,28,45H,5-8,11-12,16,18H2,1-2H3,(H,49,54,55)(H2,46,47,48,50). The van der Waals surface area contributed by atoms with Crippen LogP contribution in [0, 0.1) is 11.6 Å². The Morgan fingerprint density at radius 1 is 0.917 bits per heavy atom. The Kier molecular flexibility index (Phi) is 11.4. The third-order valence-electron chi connectivity index (χ3n) is 10.3. The van der Waals surface area contributed by atoms with Gasteiger partial charge in [-0.2, -0.15) is 18.2 Å². The van der Waals surface area contributed by atoms with Crippen LogP contribution >= 0.6 is 0 Å². The number of fused-ring (bicyclic) bond motifs is 1. The number of carbonyl (C=O) groups is 4. The highest BCUT2D eigenvalue weighted by Crippen LogP contribution is 2.36. The van der Waals surface area contributed by atoms with E-state index in [9.17, 15) is 40.8 Å². The second-order valence-electron chi connectivity index (χ2n) is 14.2. The monoisotopic (exact) mass is 857 g/mol. The molecule has 0 bridgehead atoms. The van der Waals surface area contributed by atoms with Crippen LogP contribution in [0.2, 0.25) is 0 Å². The summed E-state index contributed by atoms with van der Waals surface area (Å²) >= 11 is 0. The number of anilines is 5. The van der Waals surface area contributed by atoms with Crippen LogP contribution in [0.1, 0.15) is 63.2 Å². The number of nitrogens with one attached hydrogen (secondary N) is 4. The number of halogens is 5. The predicted octanol–water partition coefficient (Wildman–Crippen LogP) is 3.47. The molecular formula is C37H36F5N11O6S. The van der Waals surface area contributed by atoms with Crippen LogP contribution in [0.25, 0.3) is 0 Å². The lowest BCUT2D eigenvalue weighted by molar-refractivity contribution is -0.138. The number of piperidine rings is 2. The molecule has 4 N–H and O–H groups in total. The second-order valence-corrected chi connectivity index (χ2v) is 16.2. The Hall–Kier alpha value is -6.36. The van der Waals surface area contributed by atoms with Crippen molar-refractivity contribution in [1.29, 1.82) is 0 Å². The zero-order chi connectivity index (χ0) is 43.1. The summed E-state index contributed by atoms with van der Waals surface area (Å²) in [6, 6.07) is 5.12. The van der Waals surface area contributed by atoms with Crippen molar-refractivity contribution in [2.75, 3.05) is 46.2 Å². The maximum Gasteiger partial charge on any atom is 0.421 e. The van der Waals surface area contributed by atoms with Crippen LogP contribution < -0.4 is 30.5 Å². The first-order chi connectivity index (χ1) is 28.4.